The smallest absolute Gasteiger partial charge is 0.329 e. The molecule has 0 aromatic rings. The Kier molecular flexibility index (Phi) is 25.6. The number of nitrogens with two attached hydrogens (primary N) is 1. The molecule has 3 N–H and O–H groups in total. The maximum absolute atomic E-state index is 14.6. The van der Waals surface area contributed by atoms with Crippen molar-refractivity contribution >= 4 is 29.2 Å². The lowest BCUT2D eigenvalue weighted by Crippen LogP contribution is -2.61. The second-order valence-electron chi connectivity index (χ2n) is 21.0. The number of hydrogen-bond donors (Lipinski definition) is 2. The van der Waals surface area contributed by atoms with Crippen LogP contribution >= 0.6 is 0 Å². The van der Waals surface area contributed by atoms with Gasteiger partial charge in [0, 0.05) is 72.1 Å². The number of piperidine rings is 1. The first-order valence-electron chi connectivity index (χ1n) is 26.6. The zero-order valence-corrected chi connectivity index (χ0v) is 45.3. The van der Waals surface area contributed by atoms with Crippen molar-refractivity contribution < 1.29 is 67.0 Å². The third-order valence-corrected chi connectivity index (χ3v) is 15.5. The molecule has 0 aromatic heterocycles. The Labute approximate surface area is 430 Å². The molecular formula is C56H90N2O14. The highest BCUT2D eigenvalue weighted by molar-refractivity contribution is 6.39. The summed E-state index contributed by atoms with van der Waals surface area (Å²) in [5.74, 6) is -7.43. The van der Waals surface area contributed by atoms with Crippen molar-refractivity contribution in [3.8, 4) is 0 Å². The quantitative estimate of drug-likeness (QED) is 0.0839. The average Bonchev–Trinajstić information content (AvgIpc) is 3.36. The van der Waals surface area contributed by atoms with Crippen LogP contribution < -0.4 is 5.73 Å². The largest absolute Gasteiger partial charge is 0.460 e. The van der Waals surface area contributed by atoms with Crippen LogP contribution in [0.1, 0.15) is 126 Å². The second-order valence-corrected chi connectivity index (χ2v) is 21.0. The van der Waals surface area contributed by atoms with Crippen LogP contribution in [0.4, 0.5) is 0 Å². The Bertz CT molecular complexity index is 1880. The number of methoxy groups -OCH3 is 4. The highest BCUT2D eigenvalue weighted by Crippen LogP contribution is 2.38. The third kappa shape index (κ3) is 17.0. The van der Waals surface area contributed by atoms with Crippen LogP contribution in [0.15, 0.2) is 47.6 Å². The van der Waals surface area contributed by atoms with Crippen molar-refractivity contribution in [2.45, 2.75) is 180 Å². The van der Waals surface area contributed by atoms with Gasteiger partial charge in [0.2, 0.25) is 5.79 Å². The summed E-state index contributed by atoms with van der Waals surface area (Å²) in [6.45, 7) is 14.5. The zero-order chi connectivity index (χ0) is 53.1. The number of rotatable bonds is 13. The molecule has 3 heterocycles. The molecule has 1 amide bonds. The first-order chi connectivity index (χ1) is 34.3. The molecule has 3 fully saturated rings. The van der Waals surface area contributed by atoms with Gasteiger partial charge in [-0.15, -0.1) is 0 Å². The Hall–Kier alpha value is -3.45. The van der Waals surface area contributed by atoms with Crippen molar-refractivity contribution in [3.63, 3.8) is 0 Å². The molecule has 72 heavy (non-hydrogen) atoms. The summed E-state index contributed by atoms with van der Waals surface area (Å²) in [4.78, 5) is 73.1. The van der Waals surface area contributed by atoms with E-state index in [1.54, 1.807) is 34.1 Å². The van der Waals surface area contributed by atoms with Crippen molar-refractivity contribution in [1.82, 2.24) is 4.90 Å². The van der Waals surface area contributed by atoms with E-state index >= 15 is 0 Å². The molecule has 15 atom stereocenters. The van der Waals surface area contributed by atoms with Crippen molar-refractivity contribution in [2.75, 3.05) is 61.3 Å². The number of esters is 1. The van der Waals surface area contributed by atoms with E-state index in [0.717, 1.165) is 24.8 Å². The summed E-state index contributed by atoms with van der Waals surface area (Å²) >= 11 is 0. The SMILES string of the molecule is CO[C@@H]1/C(C)=C/[C@@H](C)C(=O)C[C@@H]([C@H](C)C[C@@H]2CC[C@@H](OC)[C@H](OC)C2)OC(=O)[C@@H]2CCCCN2C(=O)C(=O)[C@]2(O)O[C@@H](CC[C@H]2C)CC(OCCOCCN)/C(C)=C/C=C/C=C/[C@@H](C)C[C@@H](C)C(=O)[C@@H]1OC. The zero-order valence-electron chi connectivity index (χ0n) is 45.3. The number of nitrogens with zero attached hydrogens (tertiary/aromatic N) is 1. The maximum Gasteiger partial charge on any atom is 0.329 e. The summed E-state index contributed by atoms with van der Waals surface area (Å²) < 4.78 is 47.8. The van der Waals surface area contributed by atoms with E-state index in [9.17, 15) is 29.1 Å². The molecule has 16 nitrogen and oxygen atoms in total. The Morgan fingerprint density at radius 3 is 2.21 bits per heavy atom. The molecule has 2 saturated heterocycles. The van der Waals surface area contributed by atoms with Gasteiger partial charge in [0.25, 0.3) is 11.7 Å². The fraction of sp³-hybridized carbons (Fsp3) is 0.768. The fourth-order valence-electron chi connectivity index (χ4n) is 11.0. The number of cyclic esters (lactones) is 1. The van der Waals surface area contributed by atoms with Gasteiger partial charge >= 0.3 is 5.97 Å². The van der Waals surface area contributed by atoms with E-state index in [0.29, 0.717) is 63.9 Å². The summed E-state index contributed by atoms with van der Waals surface area (Å²) in [6, 6.07) is -1.13. The lowest BCUT2D eigenvalue weighted by Gasteiger charge is -2.43. The van der Waals surface area contributed by atoms with E-state index in [1.807, 2.05) is 65.0 Å². The number of aliphatic hydroxyl groups is 1. The number of fused-ring (bicyclic) bond motifs is 3. The molecular weight excluding hydrogens is 925 g/mol. The normalized spacial score (nSPS) is 37.7. The van der Waals surface area contributed by atoms with E-state index in [2.05, 4.69) is 0 Å². The lowest BCUT2D eigenvalue weighted by molar-refractivity contribution is -0.266. The van der Waals surface area contributed by atoms with Crippen molar-refractivity contribution in [1.29, 1.82) is 0 Å². The predicted molar refractivity (Wildman–Crippen MR) is 274 cm³/mol. The number of allylic oxidation sites excluding steroid dienone is 6. The first-order valence-corrected chi connectivity index (χ1v) is 26.6. The standard InChI is InChI=1S/C56H90N2O14/c1-35-17-13-12-14-18-36(2)47(70-28-27-69-26-24-57)33-43-22-20-41(7)56(64,72-43)53(61)54(62)58-25-16-15-19-44(58)55(63)71-48(38(4)31-42-21-23-46(65-8)49(32-42)66-9)34-45(59)37(3)30-40(6)51(67-10)52(68-11)50(60)39(5)29-35/h12-14,17-18,30,35,37-39,41-44,46-49,51-52,64H,15-16,19-29,31-34,57H2,1-11H3/b14-12+,17-13+,36-18+,40-30+/t35-,37-,38-,39-,41-,42+,43+,44+,46-,47?,48+,49-,51-,52+,56-/m1/s1. The highest BCUT2D eigenvalue weighted by Gasteiger charge is 2.53. The molecule has 0 radical (unpaired) electrons. The number of carbonyl (C=O) groups is 5. The fourth-order valence-corrected chi connectivity index (χ4v) is 11.0. The number of hydrogen-bond acceptors (Lipinski definition) is 15. The molecule has 1 aliphatic carbocycles. The summed E-state index contributed by atoms with van der Waals surface area (Å²) in [7, 11) is 6.36. The summed E-state index contributed by atoms with van der Waals surface area (Å²) in [6.07, 6.45) is 13.6. The van der Waals surface area contributed by atoms with Gasteiger partial charge in [0.05, 0.1) is 44.2 Å². The summed E-state index contributed by atoms with van der Waals surface area (Å²) in [5.41, 5.74) is 7.13. The number of ether oxygens (including phenoxy) is 8. The minimum Gasteiger partial charge on any atom is -0.460 e. The molecule has 2 bridgehead atoms. The molecule has 408 valence electrons. The van der Waals surface area contributed by atoms with Crippen molar-refractivity contribution in [3.05, 3.63) is 47.6 Å². The van der Waals surface area contributed by atoms with Crippen LogP contribution in [0.3, 0.4) is 0 Å². The van der Waals surface area contributed by atoms with Gasteiger partial charge in [-0.3, -0.25) is 19.2 Å². The van der Waals surface area contributed by atoms with E-state index < -0.39 is 71.8 Å². The minimum atomic E-state index is -2.46. The van der Waals surface area contributed by atoms with Gasteiger partial charge in [-0.1, -0.05) is 71.1 Å². The number of Topliss-reactive ketones (excluding diaryl/α,β-unsaturated/α-hetero) is 3. The number of amides is 1. The van der Waals surface area contributed by atoms with Crippen LogP contribution in [0.2, 0.25) is 0 Å². The van der Waals surface area contributed by atoms with Crippen LogP contribution in [0.5, 0.6) is 0 Å². The van der Waals surface area contributed by atoms with Gasteiger partial charge < -0.3 is 53.6 Å². The lowest BCUT2D eigenvalue weighted by atomic mass is 9.78. The Morgan fingerprint density at radius 1 is 0.806 bits per heavy atom. The van der Waals surface area contributed by atoms with Gasteiger partial charge in [0.15, 0.2) is 5.78 Å². The third-order valence-electron chi connectivity index (χ3n) is 15.5. The highest BCUT2D eigenvalue weighted by atomic mass is 16.6. The van der Waals surface area contributed by atoms with Crippen LogP contribution in [-0.4, -0.2) is 155 Å². The second kappa shape index (κ2) is 30.2. The van der Waals surface area contributed by atoms with Gasteiger partial charge in [-0.25, -0.2) is 4.79 Å². The van der Waals surface area contributed by atoms with E-state index in [4.69, 9.17) is 43.6 Å². The van der Waals surface area contributed by atoms with Gasteiger partial charge in [-0.2, -0.15) is 0 Å². The Balaban J connectivity index is 1.73. The van der Waals surface area contributed by atoms with Crippen LogP contribution in [0, 0.1) is 35.5 Å². The van der Waals surface area contributed by atoms with E-state index in [-0.39, 0.29) is 79.9 Å². The number of ketones is 3. The molecule has 0 aromatic carbocycles. The molecule has 3 aliphatic heterocycles. The minimum absolute atomic E-state index is 0.0319. The topological polar surface area (TPSA) is 209 Å². The van der Waals surface area contributed by atoms with Gasteiger partial charge in [0.1, 0.15) is 30.1 Å². The molecule has 0 spiro atoms. The maximum atomic E-state index is 14.6. The monoisotopic (exact) mass is 1010 g/mol. The van der Waals surface area contributed by atoms with E-state index in [1.165, 1.54) is 19.1 Å². The number of carbonyl (C=O) groups excluding carboxylic acids is 5. The van der Waals surface area contributed by atoms with Crippen LogP contribution in [-0.2, 0) is 61.9 Å². The molecule has 1 unspecified atom stereocenters. The molecule has 4 rings (SSSR count). The average molecular weight is 1020 g/mol. The first kappa shape index (κ1) is 61.1. The Morgan fingerprint density at radius 2 is 1.53 bits per heavy atom. The van der Waals surface area contributed by atoms with Crippen molar-refractivity contribution in [2.24, 2.45) is 41.2 Å². The summed E-state index contributed by atoms with van der Waals surface area (Å²) in [5, 5.41) is 12.1. The molecule has 4 aliphatic rings. The molecule has 1 saturated carbocycles. The van der Waals surface area contributed by atoms with Crippen LogP contribution in [0.25, 0.3) is 0 Å². The predicted octanol–water partition coefficient (Wildman–Crippen LogP) is 6.83. The molecule has 16 heteroatoms. The van der Waals surface area contributed by atoms with Gasteiger partial charge in [-0.05, 0) is 107 Å².